The normalized spacial score (nSPS) is 13.1. The van der Waals surface area contributed by atoms with E-state index in [1.807, 2.05) is 99.6 Å². The number of hydrogen-bond acceptors (Lipinski definition) is 5. The Labute approximate surface area is 287 Å². The molecule has 11 nitrogen and oxygen atoms in total. The van der Waals surface area contributed by atoms with Gasteiger partial charge in [-0.25, -0.2) is 9.59 Å². The van der Waals surface area contributed by atoms with Crippen molar-refractivity contribution in [1.29, 1.82) is 0 Å². The highest BCUT2D eigenvalue weighted by Gasteiger charge is 2.31. The predicted molar refractivity (Wildman–Crippen MR) is 192 cm³/mol. The monoisotopic (exact) mass is 666 g/mol. The van der Waals surface area contributed by atoms with Gasteiger partial charge in [-0.3, -0.25) is 14.5 Å². The number of primary amides is 1. The first kappa shape index (κ1) is 36.4. The molecule has 4 aromatic rings. The van der Waals surface area contributed by atoms with E-state index < -0.39 is 48.0 Å². The Morgan fingerprint density at radius 2 is 1.39 bits per heavy atom. The number of carbonyl (C=O) groups is 4. The zero-order valence-electron chi connectivity index (χ0n) is 28.4. The Morgan fingerprint density at radius 3 is 2.02 bits per heavy atom. The molecule has 0 spiro atoms. The Kier molecular flexibility index (Phi) is 12.3. The maximum Gasteiger partial charge on any atom is 0.322 e. The highest BCUT2D eigenvalue weighted by molar-refractivity contribution is 5.97. The molecule has 49 heavy (non-hydrogen) atoms. The molecule has 4 aromatic carbocycles. The van der Waals surface area contributed by atoms with Crippen molar-refractivity contribution in [3.63, 3.8) is 0 Å². The van der Waals surface area contributed by atoms with E-state index in [-0.39, 0.29) is 25.5 Å². The molecule has 0 aliphatic heterocycles. The van der Waals surface area contributed by atoms with Crippen molar-refractivity contribution in [2.24, 2.45) is 5.73 Å². The van der Waals surface area contributed by atoms with Crippen LogP contribution in [0.5, 0.6) is 0 Å². The first-order chi connectivity index (χ1) is 23.3. The summed E-state index contributed by atoms with van der Waals surface area (Å²) in [6, 6.07) is 28.7. The summed E-state index contributed by atoms with van der Waals surface area (Å²) >= 11 is 0. The van der Waals surface area contributed by atoms with Crippen LogP contribution < -0.4 is 26.6 Å². The summed E-state index contributed by atoms with van der Waals surface area (Å²) in [6.45, 7) is 5.68. The van der Waals surface area contributed by atoms with E-state index >= 15 is 0 Å². The molecule has 0 aliphatic rings. The molecule has 0 saturated heterocycles. The zero-order valence-corrected chi connectivity index (χ0v) is 28.4. The first-order valence-corrected chi connectivity index (χ1v) is 16.2. The van der Waals surface area contributed by atoms with E-state index in [0.717, 1.165) is 21.9 Å². The summed E-state index contributed by atoms with van der Waals surface area (Å²) < 4.78 is 0. The number of amides is 6. The molecular formula is C38H46N6O5. The summed E-state index contributed by atoms with van der Waals surface area (Å²) in [5.74, 6) is -1.49. The van der Waals surface area contributed by atoms with Gasteiger partial charge >= 0.3 is 12.1 Å². The molecular weight excluding hydrogens is 620 g/mol. The number of nitrogens with zero attached hydrogens (tertiary/aromatic N) is 2. The maximum absolute atomic E-state index is 13.7. The van der Waals surface area contributed by atoms with Crippen molar-refractivity contribution >= 4 is 40.3 Å². The van der Waals surface area contributed by atoms with Crippen LogP contribution in [0.4, 0.5) is 15.3 Å². The van der Waals surface area contributed by atoms with E-state index in [4.69, 9.17) is 5.73 Å². The smallest absolute Gasteiger partial charge is 0.322 e. The summed E-state index contributed by atoms with van der Waals surface area (Å²) in [5, 5.41) is 22.3. The van der Waals surface area contributed by atoms with E-state index in [9.17, 15) is 24.3 Å². The molecule has 0 radical (unpaired) electrons. The lowest BCUT2D eigenvalue weighted by Crippen LogP contribution is -2.58. The van der Waals surface area contributed by atoms with Crippen LogP contribution >= 0.6 is 0 Å². The minimum absolute atomic E-state index is 0.129. The summed E-state index contributed by atoms with van der Waals surface area (Å²) in [4.78, 5) is 55.3. The topological polar surface area (TPSA) is 157 Å². The number of para-hydroxylation sites is 1. The quantitative estimate of drug-likeness (QED) is 0.144. The van der Waals surface area contributed by atoms with Crippen LogP contribution in [0.3, 0.4) is 0 Å². The Bertz CT molecular complexity index is 1730. The number of aliphatic hydroxyl groups excluding tert-OH is 1. The fraction of sp³-hybridized carbons (Fsp3) is 0.316. The number of nitrogens with one attached hydrogen (secondary N) is 3. The molecule has 3 atom stereocenters. The van der Waals surface area contributed by atoms with E-state index in [1.165, 1.54) is 9.80 Å². The Morgan fingerprint density at radius 1 is 0.776 bits per heavy atom. The molecule has 0 aliphatic carbocycles. The Hall–Kier alpha value is -5.42. The molecule has 4 rings (SSSR count). The molecule has 6 N–H and O–H groups in total. The van der Waals surface area contributed by atoms with Crippen molar-refractivity contribution < 1.29 is 24.3 Å². The molecule has 11 heteroatoms. The van der Waals surface area contributed by atoms with Gasteiger partial charge in [0.05, 0.1) is 25.1 Å². The van der Waals surface area contributed by atoms with Gasteiger partial charge in [-0.1, -0.05) is 84.9 Å². The second-order valence-corrected chi connectivity index (χ2v) is 13.2. The number of benzene rings is 4. The molecule has 0 aromatic heterocycles. The van der Waals surface area contributed by atoms with Crippen molar-refractivity contribution in [1.82, 2.24) is 20.9 Å². The minimum atomic E-state index is -1.32. The lowest BCUT2D eigenvalue weighted by Gasteiger charge is -2.33. The van der Waals surface area contributed by atoms with E-state index in [0.29, 0.717) is 5.69 Å². The number of aliphatic hydroxyl groups is 1. The average Bonchev–Trinajstić information content (AvgIpc) is 3.06. The van der Waals surface area contributed by atoms with Crippen LogP contribution in [0.2, 0.25) is 0 Å². The molecule has 2 unspecified atom stereocenters. The van der Waals surface area contributed by atoms with E-state index in [1.54, 1.807) is 31.3 Å². The number of nitrogens with two attached hydrogens (primary N) is 1. The third-order valence-electron chi connectivity index (χ3n) is 7.92. The predicted octanol–water partition coefficient (Wildman–Crippen LogP) is 4.33. The largest absolute Gasteiger partial charge is 0.389 e. The average molecular weight is 667 g/mol. The van der Waals surface area contributed by atoms with Crippen LogP contribution in [0.25, 0.3) is 10.8 Å². The highest BCUT2D eigenvalue weighted by atomic mass is 16.3. The molecule has 6 amide bonds. The standard InChI is InChI=1S/C38H46N6O5/c1-38(2,3)42-37(49)44(24-27-19-20-28-15-11-12-16-29(28)21-27)25-33(45)31(22-26-13-7-5-8-14-26)40-35(47)32(23-34(39)46)41-36(48)43(4)30-17-9-6-10-18-30/h5-21,31-33,45H,22-25H2,1-4H3,(H2,39,46)(H,40,47)(H,41,48)(H,42,49)/t31-,32?,33?/m0/s1. The SMILES string of the molecule is CN(C(=O)NC(CC(N)=O)C(=O)N[C@@H](Cc1ccccc1)C(O)CN(Cc1ccc2ccccc2c1)C(=O)NC(C)(C)C)c1ccccc1. The van der Waals surface area contributed by atoms with Crippen molar-refractivity contribution in [2.45, 2.75) is 63.9 Å². The molecule has 0 fully saturated rings. The second-order valence-electron chi connectivity index (χ2n) is 13.2. The molecule has 0 heterocycles. The lowest BCUT2D eigenvalue weighted by atomic mass is 9.99. The van der Waals surface area contributed by atoms with Gasteiger partial charge in [-0.15, -0.1) is 0 Å². The van der Waals surface area contributed by atoms with Crippen LogP contribution in [0, 0.1) is 0 Å². The lowest BCUT2D eigenvalue weighted by molar-refractivity contribution is -0.128. The fourth-order valence-corrected chi connectivity index (χ4v) is 5.39. The first-order valence-electron chi connectivity index (χ1n) is 16.2. The zero-order chi connectivity index (χ0) is 35.6. The van der Waals surface area contributed by atoms with Crippen molar-refractivity contribution in [3.8, 4) is 0 Å². The second kappa shape index (κ2) is 16.6. The molecule has 0 bridgehead atoms. The third-order valence-corrected chi connectivity index (χ3v) is 7.92. The van der Waals surface area contributed by atoms with Crippen molar-refractivity contribution in [2.75, 3.05) is 18.5 Å². The molecule has 258 valence electrons. The number of rotatable bonds is 13. The van der Waals surface area contributed by atoms with Crippen molar-refractivity contribution in [3.05, 3.63) is 114 Å². The van der Waals surface area contributed by atoms with Gasteiger partial charge < -0.3 is 31.7 Å². The van der Waals surface area contributed by atoms with Gasteiger partial charge in [0.15, 0.2) is 0 Å². The number of hydrogen-bond donors (Lipinski definition) is 5. The summed E-state index contributed by atoms with van der Waals surface area (Å²) in [7, 11) is 1.54. The van der Waals surface area contributed by atoms with Gasteiger partial charge in [0.2, 0.25) is 11.8 Å². The number of anilines is 1. The Balaban J connectivity index is 1.58. The number of fused-ring (bicyclic) bond motifs is 1. The van der Waals surface area contributed by atoms with Gasteiger partial charge in [0, 0.05) is 24.8 Å². The summed E-state index contributed by atoms with van der Waals surface area (Å²) in [6.07, 6.45) is -1.50. The van der Waals surface area contributed by atoms with Gasteiger partial charge in [0.25, 0.3) is 0 Å². The minimum Gasteiger partial charge on any atom is -0.389 e. The van der Waals surface area contributed by atoms with Crippen LogP contribution in [0.1, 0.15) is 38.3 Å². The maximum atomic E-state index is 13.7. The van der Waals surface area contributed by atoms with Crippen LogP contribution in [-0.4, -0.2) is 71.2 Å². The number of urea groups is 2. The molecule has 0 saturated carbocycles. The van der Waals surface area contributed by atoms with Gasteiger partial charge in [0.1, 0.15) is 6.04 Å². The highest BCUT2D eigenvalue weighted by Crippen LogP contribution is 2.19. The van der Waals surface area contributed by atoms with Gasteiger partial charge in [-0.2, -0.15) is 0 Å². The van der Waals surface area contributed by atoms with Gasteiger partial charge in [-0.05, 0) is 67.3 Å². The fourth-order valence-electron chi connectivity index (χ4n) is 5.39. The number of carbonyl (C=O) groups excluding carboxylic acids is 4. The van der Waals surface area contributed by atoms with E-state index in [2.05, 4.69) is 16.0 Å². The van der Waals surface area contributed by atoms with Crippen LogP contribution in [-0.2, 0) is 22.6 Å². The third kappa shape index (κ3) is 11.1. The summed E-state index contributed by atoms with van der Waals surface area (Å²) in [5.41, 5.74) is 7.20. The van der Waals surface area contributed by atoms with Crippen LogP contribution in [0.15, 0.2) is 103 Å².